The number of amides is 2. The summed E-state index contributed by atoms with van der Waals surface area (Å²) < 4.78 is 32.6. The highest BCUT2D eigenvalue weighted by Gasteiger charge is 2.13. The fourth-order valence-electron chi connectivity index (χ4n) is 1.69. The van der Waals surface area contributed by atoms with E-state index in [-0.39, 0.29) is 30.4 Å². The molecular weight excluding hydrogens is 326 g/mol. The molecule has 0 saturated heterocycles. The number of ether oxygens (including phenoxy) is 2. The second-order valence-corrected chi connectivity index (χ2v) is 4.65. The number of unbranched alkanes of at least 4 members (excludes halogenated alkanes) is 1. The van der Waals surface area contributed by atoms with E-state index in [1.165, 1.54) is 31.4 Å². The Kier molecular flexibility index (Phi) is 8.17. The van der Waals surface area contributed by atoms with Crippen molar-refractivity contribution in [2.24, 2.45) is 0 Å². The van der Waals surface area contributed by atoms with Gasteiger partial charge in [0.2, 0.25) is 0 Å². The van der Waals surface area contributed by atoms with Crippen LogP contribution in [-0.2, 0) is 19.1 Å². The lowest BCUT2D eigenvalue weighted by Gasteiger charge is -2.08. The van der Waals surface area contributed by atoms with Crippen LogP contribution in [0.15, 0.2) is 24.3 Å². The molecule has 2 N–H and O–H groups in total. The summed E-state index contributed by atoms with van der Waals surface area (Å²) in [6.45, 7) is -2.69. The van der Waals surface area contributed by atoms with Crippen molar-refractivity contribution < 1.29 is 32.6 Å². The smallest absolute Gasteiger partial charge is 0.387 e. The van der Waals surface area contributed by atoms with Crippen molar-refractivity contribution in [3.05, 3.63) is 24.3 Å². The normalized spacial score (nSPS) is 10.2. The number of alkyl halides is 2. The third-order valence-corrected chi connectivity index (χ3v) is 2.86. The Bertz CT molecular complexity index is 563. The van der Waals surface area contributed by atoms with Crippen molar-refractivity contribution in [2.45, 2.75) is 25.9 Å². The van der Waals surface area contributed by atoms with E-state index in [1.54, 1.807) is 0 Å². The molecule has 0 unspecified atom stereocenters. The van der Waals surface area contributed by atoms with Gasteiger partial charge in [-0.15, -0.1) is 0 Å². The molecule has 0 aliphatic carbocycles. The molecule has 1 rings (SSSR count). The molecule has 1 aromatic carbocycles. The number of carbonyl (C=O) groups is 3. The van der Waals surface area contributed by atoms with E-state index in [2.05, 4.69) is 20.1 Å². The van der Waals surface area contributed by atoms with E-state index in [9.17, 15) is 23.2 Å². The van der Waals surface area contributed by atoms with Gasteiger partial charge in [0.1, 0.15) is 5.75 Å². The molecule has 0 fully saturated rings. The molecule has 0 atom stereocenters. The number of anilines is 1. The standard InChI is InChI=1S/C15H18F2N2O5/c1-23-12(20)4-2-3-9-18-13(21)14(22)19-10-5-7-11(8-6-10)24-15(16)17/h5-8,15H,2-4,9H2,1H3,(H,18,21)(H,19,22). The van der Waals surface area contributed by atoms with Crippen molar-refractivity contribution in [2.75, 3.05) is 19.0 Å². The monoisotopic (exact) mass is 344 g/mol. The second kappa shape index (κ2) is 10.1. The van der Waals surface area contributed by atoms with E-state index in [4.69, 9.17) is 0 Å². The maximum atomic E-state index is 12.0. The predicted octanol–water partition coefficient (Wildman–Crippen LogP) is 1.69. The summed E-state index contributed by atoms with van der Waals surface area (Å²) in [5.74, 6) is -2.11. The first-order valence-corrected chi connectivity index (χ1v) is 7.13. The van der Waals surface area contributed by atoms with Gasteiger partial charge >= 0.3 is 24.4 Å². The first-order chi connectivity index (χ1) is 11.4. The number of halogens is 2. The maximum absolute atomic E-state index is 12.0. The fraction of sp³-hybridized carbons (Fsp3) is 0.400. The second-order valence-electron chi connectivity index (χ2n) is 4.65. The lowest BCUT2D eigenvalue weighted by molar-refractivity contribution is -0.140. The van der Waals surface area contributed by atoms with Crippen LogP contribution in [0.4, 0.5) is 14.5 Å². The Hall–Kier alpha value is -2.71. The van der Waals surface area contributed by atoms with Crippen molar-refractivity contribution in [1.82, 2.24) is 5.32 Å². The zero-order valence-corrected chi connectivity index (χ0v) is 13.0. The minimum Gasteiger partial charge on any atom is -0.469 e. The van der Waals surface area contributed by atoms with Gasteiger partial charge in [0.15, 0.2) is 0 Å². The van der Waals surface area contributed by atoms with Gasteiger partial charge in [0, 0.05) is 18.7 Å². The molecule has 132 valence electrons. The third kappa shape index (κ3) is 7.52. The van der Waals surface area contributed by atoms with E-state index in [0.29, 0.717) is 12.8 Å². The molecular formula is C15H18F2N2O5. The van der Waals surface area contributed by atoms with Crippen LogP contribution in [0, 0.1) is 0 Å². The number of carbonyl (C=O) groups excluding carboxylic acids is 3. The molecule has 7 nitrogen and oxygen atoms in total. The van der Waals surface area contributed by atoms with Gasteiger partial charge in [0.05, 0.1) is 7.11 Å². The van der Waals surface area contributed by atoms with Gasteiger partial charge in [-0.25, -0.2) is 0 Å². The number of benzene rings is 1. The first-order valence-electron chi connectivity index (χ1n) is 7.13. The van der Waals surface area contributed by atoms with Gasteiger partial charge < -0.3 is 20.1 Å². The SMILES string of the molecule is COC(=O)CCCCNC(=O)C(=O)Nc1ccc(OC(F)F)cc1. The Morgan fingerprint density at radius 1 is 1.08 bits per heavy atom. The molecule has 0 aliphatic heterocycles. The van der Waals surface area contributed by atoms with Gasteiger partial charge in [-0.05, 0) is 37.1 Å². The Balaban J connectivity index is 2.31. The zero-order valence-electron chi connectivity index (χ0n) is 13.0. The maximum Gasteiger partial charge on any atom is 0.387 e. The largest absolute Gasteiger partial charge is 0.469 e. The lowest BCUT2D eigenvalue weighted by atomic mass is 10.2. The van der Waals surface area contributed by atoms with Crippen molar-refractivity contribution in [1.29, 1.82) is 0 Å². The van der Waals surface area contributed by atoms with Crippen molar-refractivity contribution in [3.8, 4) is 5.75 Å². The van der Waals surface area contributed by atoms with Crippen LogP contribution in [0.3, 0.4) is 0 Å². The summed E-state index contributed by atoms with van der Waals surface area (Å²) in [7, 11) is 1.29. The molecule has 2 amide bonds. The summed E-state index contributed by atoms with van der Waals surface area (Å²) in [6, 6.07) is 5.15. The predicted molar refractivity (Wildman–Crippen MR) is 80.6 cm³/mol. The number of rotatable bonds is 8. The molecule has 0 saturated carbocycles. The zero-order chi connectivity index (χ0) is 17.9. The average molecular weight is 344 g/mol. The van der Waals surface area contributed by atoms with Crippen LogP contribution >= 0.6 is 0 Å². The highest BCUT2D eigenvalue weighted by Crippen LogP contribution is 2.17. The number of esters is 1. The Morgan fingerprint density at radius 3 is 2.33 bits per heavy atom. The molecule has 0 radical (unpaired) electrons. The molecule has 0 aromatic heterocycles. The van der Waals surface area contributed by atoms with Crippen LogP contribution in [0.25, 0.3) is 0 Å². The number of hydrogen-bond acceptors (Lipinski definition) is 5. The fourth-order valence-corrected chi connectivity index (χ4v) is 1.69. The quantitative estimate of drug-likeness (QED) is 0.425. The van der Waals surface area contributed by atoms with E-state index in [1.807, 2.05) is 0 Å². The van der Waals surface area contributed by atoms with Crippen LogP contribution in [0.2, 0.25) is 0 Å². The van der Waals surface area contributed by atoms with Gasteiger partial charge in [-0.2, -0.15) is 8.78 Å². The van der Waals surface area contributed by atoms with Crippen molar-refractivity contribution in [3.63, 3.8) is 0 Å². The molecule has 0 heterocycles. The van der Waals surface area contributed by atoms with E-state index < -0.39 is 18.4 Å². The van der Waals surface area contributed by atoms with E-state index in [0.717, 1.165) is 0 Å². The summed E-state index contributed by atoms with van der Waals surface area (Å²) in [5.41, 5.74) is 0.266. The minimum absolute atomic E-state index is 0.0574. The average Bonchev–Trinajstić information content (AvgIpc) is 2.55. The van der Waals surface area contributed by atoms with Crippen LogP contribution < -0.4 is 15.4 Å². The molecule has 9 heteroatoms. The molecule has 0 bridgehead atoms. The summed E-state index contributed by atoms with van der Waals surface area (Å²) in [4.78, 5) is 34.1. The van der Waals surface area contributed by atoms with Crippen LogP contribution in [0.1, 0.15) is 19.3 Å². The summed E-state index contributed by atoms with van der Waals surface area (Å²) in [5, 5.41) is 4.73. The topological polar surface area (TPSA) is 93.7 Å². The first kappa shape index (κ1) is 19.3. The third-order valence-electron chi connectivity index (χ3n) is 2.86. The molecule has 1 aromatic rings. The number of hydrogen-bond donors (Lipinski definition) is 2. The molecule has 24 heavy (non-hydrogen) atoms. The van der Waals surface area contributed by atoms with Gasteiger partial charge in [-0.1, -0.05) is 0 Å². The highest BCUT2D eigenvalue weighted by atomic mass is 19.3. The van der Waals surface area contributed by atoms with Gasteiger partial charge in [-0.3, -0.25) is 14.4 Å². The Morgan fingerprint density at radius 2 is 1.75 bits per heavy atom. The molecule has 0 aliphatic rings. The summed E-state index contributed by atoms with van der Waals surface area (Å²) >= 11 is 0. The number of nitrogens with one attached hydrogen (secondary N) is 2. The lowest BCUT2D eigenvalue weighted by Crippen LogP contribution is -2.35. The minimum atomic E-state index is -2.93. The Labute approximate surface area is 137 Å². The summed E-state index contributed by atoms with van der Waals surface area (Å²) in [6.07, 6.45) is 1.29. The highest BCUT2D eigenvalue weighted by molar-refractivity contribution is 6.39. The van der Waals surface area contributed by atoms with E-state index >= 15 is 0 Å². The van der Waals surface area contributed by atoms with Crippen molar-refractivity contribution >= 4 is 23.5 Å². The number of methoxy groups -OCH3 is 1. The molecule has 0 spiro atoms. The van der Waals surface area contributed by atoms with Crippen LogP contribution in [-0.4, -0.2) is 38.0 Å². The van der Waals surface area contributed by atoms with Gasteiger partial charge in [0.25, 0.3) is 0 Å². The van der Waals surface area contributed by atoms with Crippen LogP contribution in [0.5, 0.6) is 5.75 Å².